The van der Waals surface area contributed by atoms with Crippen LogP contribution in [0, 0.1) is 29.6 Å². The predicted octanol–water partition coefficient (Wildman–Crippen LogP) is 4.97. The van der Waals surface area contributed by atoms with E-state index in [4.69, 9.17) is 14.2 Å². The van der Waals surface area contributed by atoms with Crippen LogP contribution in [0.15, 0.2) is 36.4 Å². The zero-order valence-corrected chi connectivity index (χ0v) is 25.7. The zero-order chi connectivity index (χ0) is 29.9. The number of esters is 1. The summed E-state index contributed by atoms with van der Waals surface area (Å²) < 4.78 is 18.8. The third kappa shape index (κ3) is 4.79. The molecule has 3 aliphatic carbocycles. The Morgan fingerprint density at radius 2 is 1.93 bits per heavy atom. The summed E-state index contributed by atoms with van der Waals surface area (Å²) in [6.45, 7) is 8.52. The Morgan fingerprint density at radius 3 is 2.63 bits per heavy atom. The first-order chi connectivity index (χ1) is 20.8. The Kier molecular flexibility index (Phi) is 7.16. The van der Waals surface area contributed by atoms with E-state index in [1.165, 1.54) is 19.8 Å². The minimum Gasteiger partial charge on any atom is -0.493 e. The van der Waals surface area contributed by atoms with E-state index in [0.29, 0.717) is 30.0 Å². The third-order valence-electron chi connectivity index (χ3n) is 10.4. The zero-order valence-electron chi connectivity index (χ0n) is 25.7. The molecule has 1 spiro atoms. The van der Waals surface area contributed by atoms with Crippen LogP contribution >= 0.6 is 0 Å². The maximum atomic E-state index is 13.9. The first kappa shape index (κ1) is 28.3. The molecule has 5 atom stereocenters. The highest BCUT2D eigenvalue weighted by Gasteiger charge is 2.67. The number of hydrogen-bond donors (Lipinski definition) is 0. The minimum atomic E-state index is -0.333. The number of likely N-dealkylation sites (tertiary alicyclic amines) is 1. The molecular weight excluding hydrogens is 540 g/mol. The van der Waals surface area contributed by atoms with Gasteiger partial charge in [0, 0.05) is 60.1 Å². The molecule has 2 saturated carbocycles. The van der Waals surface area contributed by atoms with Crippen molar-refractivity contribution >= 4 is 11.9 Å². The van der Waals surface area contributed by atoms with Crippen molar-refractivity contribution in [3.05, 3.63) is 53.1 Å². The van der Waals surface area contributed by atoms with E-state index < -0.39 is 0 Å². The van der Waals surface area contributed by atoms with Gasteiger partial charge in [0.25, 0.3) is 5.91 Å². The molecule has 0 unspecified atom stereocenters. The number of methoxy groups -OCH3 is 1. The van der Waals surface area contributed by atoms with Gasteiger partial charge in [0.15, 0.2) is 11.5 Å². The van der Waals surface area contributed by atoms with Gasteiger partial charge in [-0.15, -0.1) is 0 Å². The third-order valence-corrected chi connectivity index (χ3v) is 10.4. The fraction of sp³-hybridized carbons (Fsp3) is 0.556. The Bertz CT molecular complexity index is 1490. The molecule has 7 heteroatoms. The molecule has 2 heterocycles. The molecule has 7 nitrogen and oxygen atoms in total. The lowest BCUT2D eigenvalue weighted by Gasteiger charge is -2.60. The lowest BCUT2D eigenvalue weighted by atomic mass is 9.50. The number of hydrogen-bond acceptors (Lipinski definition) is 6. The van der Waals surface area contributed by atoms with E-state index in [2.05, 4.69) is 30.6 Å². The summed E-state index contributed by atoms with van der Waals surface area (Å²) in [7, 11) is 1.64. The van der Waals surface area contributed by atoms with Crippen LogP contribution in [-0.2, 0) is 21.4 Å². The van der Waals surface area contributed by atoms with E-state index in [1.54, 1.807) is 7.11 Å². The van der Waals surface area contributed by atoms with Crippen molar-refractivity contribution in [2.24, 2.45) is 17.8 Å². The number of ether oxygens (including phenoxy) is 3. The molecule has 7 rings (SSSR count). The molecule has 2 aliphatic heterocycles. The lowest BCUT2D eigenvalue weighted by molar-refractivity contribution is -0.138. The van der Waals surface area contributed by atoms with Crippen LogP contribution in [0.3, 0.4) is 0 Å². The van der Waals surface area contributed by atoms with Crippen molar-refractivity contribution in [1.29, 1.82) is 0 Å². The van der Waals surface area contributed by atoms with Crippen LogP contribution in [0.1, 0.15) is 69.6 Å². The molecule has 43 heavy (non-hydrogen) atoms. The maximum absolute atomic E-state index is 13.9. The quantitative estimate of drug-likeness (QED) is 0.261. The number of benzene rings is 2. The summed E-state index contributed by atoms with van der Waals surface area (Å²) >= 11 is 0. The van der Waals surface area contributed by atoms with Crippen LogP contribution in [0.4, 0.5) is 0 Å². The second kappa shape index (κ2) is 10.9. The van der Waals surface area contributed by atoms with Gasteiger partial charge in [0.2, 0.25) is 0 Å². The average Bonchev–Trinajstić information content (AvgIpc) is 3.74. The van der Waals surface area contributed by atoms with Gasteiger partial charge in [-0.3, -0.25) is 14.5 Å². The molecule has 0 N–H and O–H groups in total. The van der Waals surface area contributed by atoms with Crippen LogP contribution in [0.25, 0.3) is 0 Å². The summed E-state index contributed by atoms with van der Waals surface area (Å²) in [6.07, 6.45) is 6.11. The number of piperidine rings is 1. The van der Waals surface area contributed by atoms with E-state index in [0.717, 1.165) is 67.1 Å². The van der Waals surface area contributed by atoms with E-state index >= 15 is 0 Å². The first-order valence-electron chi connectivity index (χ1n) is 16.0. The summed E-state index contributed by atoms with van der Waals surface area (Å²) in [5, 5.41) is 0. The van der Waals surface area contributed by atoms with Gasteiger partial charge in [0.05, 0.1) is 13.2 Å². The minimum absolute atomic E-state index is 0.118. The molecule has 3 fully saturated rings. The van der Waals surface area contributed by atoms with Gasteiger partial charge in [-0.2, -0.15) is 0 Å². The number of nitrogens with zero attached hydrogens (tertiary/aromatic N) is 2. The number of rotatable bonds is 7. The summed E-state index contributed by atoms with van der Waals surface area (Å²) in [5.74, 6) is 9.03. The molecule has 2 bridgehead atoms. The monoisotopic (exact) mass is 582 g/mol. The molecule has 1 amide bonds. The summed E-state index contributed by atoms with van der Waals surface area (Å²) in [4.78, 5) is 30.9. The summed E-state index contributed by atoms with van der Waals surface area (Å²) in [5.41, 5.74) is 2.80. The normalized spacial score (nSPS) is 28.3. The van der Waals surface area contributed by atoms with Gasteiger partial charge in [-0.1, -0.05) is 38.0 Å². The molecule has 5 aliphatic rings. The molecule has 0 aromatic heterocycles. The van der Waals surface area contributed by atoms with Crippen molar-refractivity contribution in [3.8, 4) is 29.1 Å². The van der Waals surface area contributed by atoms with Crippen LogP contribution < -0.4 is 14.2 Å². The fourth-order valence-electron chi connectivity index (χ4n) is 8.69. The Hall–Kier alpha value is -3.50. The first-order valence-corrected chi connectivity index (χ1v) is 16.0. The second-order valence-electron chi connectivity index (χ2n) is 13.6. The van der Waals surface area contributed by atoms with Gasteiger partial charge >= 0.3 is 5.97 Å². The van der Waals surface area contributed by atoms with Crippen LogP contribution in [0.5, 0.6) is 17.2 Å². The van der Waals surface area contributed by atoms with Crippen LogP contribution in [-0.4, -0.2) is 66.6 Å². The molecule has 0 radical (unpaired) electrons. The van der Waals surface area contributed by atoms with E-state index in [9.17, 15) is 9.59 Å². The highest BCUT2D eigenvalue weighted by atomic mass is 16.5. The molecule has 226 valence electrons. The molecule has 1 saturated heterocycles. The number of amides is 1. The predicted molar refractivity (Wildman–Crippen MR) is 163 cm³/mol. The topological polar surface area (TPSA) is 68.3 Å². The van der Waals surface area contributed by atoms with Crippen molar-refractivity contribution in [1.82, 2.24) is 9.80 Å². The lowest BCUT2D eigenvalue weighted by Crippen LogP contribution is -2.69. The van der Waals surface area contributed by atoms with Crippen molar-refractivity contribution in [2.45, 2.75) is 82.9 Å². The fourth-order valence-corrected chi connectivity index (χ4v) is 8.69. The molecule has 2 aromatic rings. The smallest absolute Gasteiger partial charge is 0.308 e. The highest BCUT2D eigenvalue weighted by Crippen LogP contribution is 2.66. The molecular formula is C36H42N2O5. The van der Waals surface area contributed by atoms with Gasteiger partial charge in [-0.25, -0.2) is 0 Å². The largest absolute Gasteiger partial charge is 0.493 e. The van der Waals surface area contributed by atoms with Gasteiger partial charge < -0.3 is 19.1 Å². The Labute approximate surface area is 254 Å². The van der Waals surface area contributed by atoms with Crippen molar-refractivity contribution < 1.29 is 23.8 Å². The number of carbonyl (C=O) groups is 2. The van der Waals surface area contributed by atoms with Crippen molar-refractivity contribution in [2.75, 3.05) is 26.7 Å². The SMILES string of the molecule is COc1cc(OC(C)=O)c2c3c1O[C@H]1[C@@H](N(CC(C)C)C(=O)C#Cc4ccccc4)CC[C@H]4[C@@H](C2)N(CC2CC2)CC[C@@]341. The maximum Gasteiger partial charge on any atom is 0.308 e. The van der Waals surface area contributed by atoms with Gasteiger partial charge in [-0.05, 0) is 75.0 Å². The second-order valence-corrected chi connectivity index (χ2v) is 13.6. The highest BCUT2D eigenvalue weighted by molar-refractivity contribution is 5.94. The Morgan fingerprint density at radius 1 is 1.14 bits per heavy atom. The standard InChI is InChI=1S/C36H42N2O5/c1-22(2)20-38(32(40)15-12-24-8-6-5-7-9-24)28-14-13-27-29-18-26-30(42-23(3)39)19-31(41-4)34-33(26)36(27,35(28)43-34)16-17-37(29)21-25-10-11-25/h5-9,19,22,25,27-29,35H,10-11,13-14,16-18,20-21H2,1-4H3/t27-,28-,29+,35-,36-/m0/s1. The van der Waals surface area contributed by atoms with Crippen LogP contribution in [0.2, 0.25) is 0 Å². The summed E-state index contributed by atoms with van der Waals surface area (Å²) in [6, 6.07) is 11.8. The van der Waals surface area contributed by atoms with E-state index in [-0.39, 0.29) is 35.4 Å². The Balaban J connectivity index is 1.33. The average molecular weight is 583 g/mol. The molecule has 2 aromatic carbocycles. The van der Waals surface area contributed by atoms with E-state index in [1.807, 2.05) is 41.3 Å². The van der Waals surface area contributed by atoms with Crippen molar-refractivity contribution in [3.63, 3.8) is 0 Å². The van der Waals surface area contributed by atoms with Gasteiger partial charge in [0.1, 0.15) is 11.9 Å². The number of carbonyl (C=O) groups excluding carboxylic acids is 2.